The van der Waals surface area contributed by atoms with Crippen molar-refractivity contribution in [2.45, 2.75) is 0 Å². The van der Waals surface area contributed by atoms with Gasteiger partial charge in [0.25, 0.3) is 0 Å². The fourth-order valence-corrected chi connectivity index (χ4v) is 2.71. The summed E-state index contributed by atoms with van der Waals surface area (Å²) in [5.41, 5.74) is 4.15. The second-order valence-electron chi connectivity index (χ2n) is 5.88. The Labute approximate surface area is 157 Å². The maximum atomic E-state index is 12.0. The van der Waals surface area contributed by atoms with Crippen LogP contribution < -0.4 is 0 Å². The first-order valence-corrected chi connectivity index (χ1v) is 8.32. The first kappa shape index (κ1) is 16.4. The highest BCUT2D eigenvalue weighted by molar-refractivity contribution is 6.17. The molecule has 3 nitrogen and oxygen atoms in total. The molecule has 4 rings (SSSR count). The van der Waals surface area contributed by atoms with Gasteiger partial charge in [-0.3, -0.25) is 0 Å². The molecule has 0 spiro atoms. The number of hydrogen-bond acceptors (Lipinski definition) is 3. The Morgan fingerprint density at radius 2 is 1.56 bits per heavy atom. The fraction of sp³-hybridized carbons (Fsp3) is 0. The van der Waals surface area contributed by atoms with Crippen molar-refractivity contribution in [2.75, 3.05) is 0 Å². The highest BCUT2D eigenvalue weighted by Crippen LogP contribution is 2.25. The highest BCUT2D eigenvalue weighted by Gasteiger charge is 2.28. The summed E-state index contributed by atoms with van der Waals surface area (Å²) in [7, 11) is 0. The second kappa shape index (κ2) is 7.04. The number of carbonyl (C=O) groups excluding carboxylic acids is 1. The number of nitrogens with zero attached hydrogens (tertiary/aromatic N) is 1. The van der Waals surface area contributed by atoms with Crippen molar-refractivity contribution >= 4 is 17.6 Å². The molecule has 0 saturated heterocycles. The van der Waals surface area contributed by atoms with Crippen molar-refractivity contribution in [1.82, 2.24) is 0 Å². The summed E-state index contributed by atoms with van der Waals surface area (Å²) in [5.74, 6) is 8.62. The molecule has 0 aliphatic carbocycles. The van der Waals surface area contributed by atoms with E-state index in [4.69, 9.17) is 11.2 Å². The van der Waals surface area contributed by atoms with Crippen LogP contribution in [0.4, 0.5) is 5.69 Å². The summed E-state index contributed by atoms with van der Waals surface area (Å²) in [4.78, 5) is 16.5. The smallest absolute Gasteiger partial charge is 0.345 e. The Morgan fingerprint density at radius 1 is 0.778 bits per heavy atom. The molecule has 0 bridgehead atoms. The quantitative estimate of drug-likeness (QED) is 0.486. The number of aliphatic imine (C=N–C) groups is 1. The van der Waals surface area contributed by atoms with Gasteiger partial charge in [0.05, 0.1) is 16.8 Å². The van der Waals surface area contributed by atoms with Crippen molar-refractivity contribution in [1.29, 1.82) is 0 Å². The number of benzene rings is 3. The van der Waals surface area contributed by atoms with Gasteiger partial charge in [-0.05, 0) is 48.5 Å². The van der Waals surface area contributed by atoms with E-state index >= 15 is 0 Å². The van der Waals surface area contributed by atoms with E-state index in [2.05, 4.69) is 22.8 Å². The zero-order chi connectivity index (χ0) is 18.6. The second-order valence-corrected chi connectivity index (χ2v) is 5.88. The van der Waals surface area contributed by atoms with Crippen molar-refractivity contribution in [2.24, 2.45) is 4.99 Å². The minimum atomic E-state index is -0.424. The minimum Gasteiger partial charge on any atom is -0.403 e. The lowest BCUT2D eigenvalue weighted by atomic mass is 10.1. The Hall–Kier alpha value is -4.08. The molecule has 27 heavy (non-hydrogen) atoms. The van der Waals surface area contributed by atoms with Gasteiger partial charge >= 0.3 is 5.97 Å². The molecule has 3 aromatic rings. The molecule has 0 saturated carbocycles. The van der Waals surface area contributed by atoms with Gasteiger partial charge in [-0.25, -0.2) is 9.79 Å². The van der Waals surface area contributed by atoms with Crippen molar-refractivity contribution in [3.63, 3.8) is 0 Å². The Morgan fingerprint density at radius 3 is 2.37 bits per heavy atom. The number of fused-ring (bicyclic) bond motifs is 1. The van der Waals surface area contributed by atoms with E-state index in [1.165, 1.54) is 0 Å². The fourth-order valence-electron chi connectivity index (χ4n) is 2.71. The molecular formula is C24H13NO2. The highest BCUT2D eigenvalue weighted by atomic mass is 16.5. The third kappa shape index (κ3) is 3.49. The summed E-state index contributed by atoms with van der Waals surface area (Å²) in [5, 5.41) is 0. The molecule has 126 valence electrons. The molecule has 0 N–H and O–H groups in total. The van der Waals surface area contributed by atoms with Gasteiger partial charge in [-0.1, -0.05) is 42.0 Å². The van der Waals surface area contributed by atoms with E-state index in [1.807, 2.05) is 54.6 Å². The molecule has 0 aromatic heterocycles. The molecule has 1 heterocycles. The average molecular weight is 347 g/mol. The standard InChI is InChI=1S/C24H13NO2/c1-2-17-13-14-21-22(16-17)23(27-24(21)26)25-20-10-6-9-19(15-20)12-11-18-7-4-3-5-8-18/h1,3-10,13-16H/b25-23-. The Kier molecular flexibility index (Phi) is 4.27. The lowest BCUT2D eigenvalue weighted by Gasteiger charge is -2.00. The Bertz CT molecular complexity index is 1170. The Balaban J connectivity index is 1.68. The first-order chi connectivity index (χ1) is 13.2. The van der Waals surface area contributed by atoms with Gasteiger partial charge in [0.1, 0.15) is 0 Å². The zero-order valence-corrected chi connectivity index (χ0v) is 14.3. The number of esters is 1. The van der Waals surface area contributed by atoms with Gasteiger partial charge in [-0.15, -0.1) is 6.42 Å². The lowest BCUT2D eigenvalue weighted by Crippen LogP contribution is -1.99. The van der Waals surface area contributed by atoms with Gasteiger partial charge in [0.15, 0.2) is 0 Å². The van der Waals surface area contributed by atoms with E-state index in [-0.39, 0.29) is 5.90 Å². The molecular weight excluding hydrogens is 334 g/mol. The van der Waals surface area contributed by atoms with Crippen LogP contribution >= 0.6 is 0 Å². The monoisotopic (exact) mass is 347 g/mol. The third-order valence-electron chi connectivity index (χ3n) is 4.03. The molecule has 0 amide bonds. The topological polar surface area (TPSA) is 38.7 Å². The average Bonchev–Trinajstić information content (AvgIpc) is 3.02. The largest absolute Gasteiger partial charge is 0.403 e. The van der Waals surface area contributed by atoms with Gasteiger partial charge in [0, 0.05) is 16.7 Å². The van der Waals surface area contributed by atoms with Gasteiger partial charge in [-0.2, -0.15) is 0 Å². The van der Waals surface area contributed by atoms with Crippen molar-refractivity contribution in [3.8, 4) is 24.2 Å². The van der Waals surface area contributed by atoms with Crippen molar-refractivity contribution in [3.05, 3.63) is 101 Å². The third-order valence-corrected chi connectivity index (χ3v) is 4.03. The van der Waals surface area contributed by atoms with Crippen LogP contribution in [0.5, 0.6) is 0 Å². The van der Waals surface area contributed by atoms with Crippen LogP contribution in [0.15, 0.2) is 77.8 Å². The zero-order valence-electron chi connectivity index (χ0n) is 14.3. The number of carbonyl (C=O) groups is 1. The van der Waals surface area contributed by atoms with Crippen molar-refractivity contribution < 1.29 is 9.53 Å². The summed E-state index contributed by atoms with van der Waals surface area (Å²) < 4.78 is 5.31. The minimum absolute atomic E-state index is 0.250. The van der Waals surface area contributed by atoms with Gasteiger partial charge in [0.2, 0.25) is 5.90 Å². The molecule has 0 fully saturated rings. The molecule has 3 aromatic carbocycles. The van der Waals surface area contributed by atoms with Crippen LogP contribution in [0.1, 0.15) is 32.6 Å². The molecule has 0 atom stereocenters. The molecule has 0 radical (unpaired) electrons. The SMILES string of the molecule is C#Cc1ccc2c(c1)/C(=N/c1cccc(C#Cc3ccccc3)c1)OC2=O. The van der Waals surface area contributed by atoms with Crippen LogP contribution in [0.25, 0.3) is 0 Å². The number of rotatable bonds is 1. The van der Waals surface area contributed by atoms with Crippen LogP contribution in [0, 0.1) is 24.2 Å². The van der Waals surface area contributed by atoms with Crippen LogP contribution in [-0.2, 0) is 4.74 Å². The number of terminal acetylenes is 1. The molecule has 0 unspecified atom stereocenters. The first-order valence-electron chi connectivity index (χ1n) is 8.32. The number of cyclic esters (lactones) is 1. The number of hydrogen-bond donors (Lipinski definition) is 0. The predicted molar refractivity (Wildman–Crippen MR) is 105 cm³/mol. The van der Waals surface area contributed by atoms with Crippen LogP contribution in [0.2, 0.25) is 0 Å². The predicted octanol–water partition coefficient (Wildman–Crippen LogP) is 4.32. The van der Waals surface area contributed by atoms with E-state index in [0.717, 1.165) is 11.1 Å². The summed E-state index contributed by atoms with van der Waals surface area (Å²) in [6.07, 6.45) is 5.45. The summed E-state index contributed by atoms with van der Waals surface area (Å²) >= 11 is 0. The molecule has 1 aliphatic rings. The maximum Gasteiger partial charge on any atom is 0.345 e. The lowest BCUT2D eigenvalue weighted by molar-refractivity contribution is 0.0737. The van der Waals surface area contributed by atoms with E-state index in [0.29, 0.717) is 22.4 Å². The maximum absolute atomic E-state index is 12.0. The van der Waals surface area contributed by atoms with Crippen LogP contribution in [-0.4, -0.2) is 11.9 Å². The number of ether oxygens (including phenoxy) is 1. The van der Waals surface area contributed by atoms with Crippen LogP contribution in [0.3, 0.4) is 0 Å². The molecule has 1 aliphatic heterocycles. The summed E-state index contributed by atoms with van der Waals surface area (Å²) in [6.45, 7) is 0. The van der Waals surface area contributed by atoms with E-state index in [9.17, 15) is 4.79 Å². The molecule has 3 heteroatoms. The summed E-state index contributed by atoms with van der Waals surface area (Å²) in [6, 6.07) is 22.3. The van der Waals surface area contributed by atoms with E-state index < -0.39 is 5.97 Å². The van der Waals surface area contributed by atoms with Gasteiger partial charge < -0.3 is 4.74 Å². The normalized spacial score (nSPS) is 13.3. The van der Waals surface area contributed by atoms with E-state index in [1.54, 1.807) is 18.2 Å².